The molecule has 3 N–H and O–H groups in total. The van der Waals surface area contributed by atoms with Gasteiger partial charge in [-0.2, -0.15) is 13.7 Å². The van der Waals surface area contributed by atoms with Gasteiger partial charge in [0.05, 0.1) is 11.6 Å². The van der Waals surface area contributed by atoms with Crippen molar-refractivity contribution in [3.63, 3.8) is 0 Å². The summed E-state index contributed by atoms with van der Waals surface area (Å²) in [6.45, 7) is 2.44. The number of benzene rings is 1. The summed E-state index contributed by atoms with van der Waals surface area (Å²) < 4.78 is 37.4. The number of rotatable bonds is 5. The van der Waals surface area contributed by atoms with Gasteiger partial charge in [-0.15, -0.1) is 0 Å². The van der Waals surface area contributed by atoms with Crippen molar-refractivity contribution >= 4 is 10.2 Å². The maximum absolute atomic E-state index is 13.1. The minimum absolute atomic E-state index is 0.179. The van der Waals surface area contributed by atoms with E-state index in [9.17, 15) is 12.8 Å². The molecule has 1 fully saturated rings. The molecule has 0 radical (unpaired) electrons. The minimum atomic E-state index is -3.67. The highest BCUT2D eigenvalue weighted by Gasteiger charge is 2.21. The van der Waals surface area contributed by atoms with E-state index in [4.69, 9.17) is 10.4 Å². The standard InChI is InChI=1S/C14H19FN4O2S/c15-14-4-3-12(13(6-14)7-16)10-19-5-1-2-11(9-19)8-18-22(17,20)21/h3-4,6,11,18H,1-2,5,8-10H2,(H2,17,20,21)/t11-/m1/s1. The number of nitrogens with zero attached hydrogens (tertiary/aromatic N) is 2. The lowest BCUT2D eigenvalue weighted by atomic mass is 9.97. The molecule has 1 aliphatic rings. The normalized spacial score (nSPS) is 19.8. The molecule has 0 saturated carbocycles. The van der Waals surface area contributed by atoms with E-state index in [0.717, 1.165) is 24.9 Å². The Morgan fingerprint density at radius 2 is 2.27 bits per heavy atom. The molecule has 1 heterocycles. The van der Waals surface area contributed by atoms with Gasteiger partial charge in [-0.25, -0.2) is 14.3 Å². The molecular weight excluding hydrogens is 307 g/mol. The SMILES string of the molecule is N#Cc1cc(F)ccc1CN1CCC[C@H](CNS(N)(=O)=O)C1. The van der Waals surface area contributed by atoms with Crippen molar-refractivity contribution in [3.8, 4) is 6.07 Å². The van der Waals surface area contributed by atoms with E-state index in [1.54, 1.807) is 6.07 Å². The third-order valence-corrected chi connectivity index (χ3v) is 4.33. The van der Waals surface area contributed by atoms with Crippen LogP contribution in [0.2, 0.25) is 0 Å². The zero-order chi connectivity index (χ0) is 16.2. The van der Waals surface area contributed by atoms with Crippen LogP contribution in [0.15, 0.2) is 18.2 Å². The van der Waals surface area contributed by atoms with E-state index >= 15 is 0 Å². The third-order valence-electron chi connectivity index (χ3n) is 3.76. The quantitative estimate of drug-likeness (QED) is 0.832. The maximum atomic E-state index is 13.1. The van der Waals surface area contributed by atoms with Gasteiger partial charge in [0.15, 0.2) is 0 Å². The molecule has 2 rings (SSSR count). The van der Waals surface area contributed by atoms with Gasteiger partial charge in [-0.1, -0.05) is 6.07 Å². The predicted molar refractivity (Wildman–Crippen MR) is 80.2 cm³/mol. The highest BCUT2D eigenvalue weighted by molar-refractivity contribution is 7.87. The van der Waals surface area contributed by atoms with Crippen LogP contribution in [-0.2, 0) is 16.8 Å². The van der Waals surface area contributed by atoms with Crippen LogP contribution in [0.1, 0.15) is 24.0 Å². The van der Waals surface area contributed by atoms with Crippen molar-refractivity contribution < 1.29 is 12.8 Å². The van der Waals surface area contributed by atoms with Crippen LogP contribution in [0.3, 0.4) is 0 Å². The lowest BCUT2D eigenvalue weighted by Gasteiger charge is -2.32. The van der Waals surface area contributed by atoms with Crippen molar-refractivity contribution in [1.82, 2.24) is 9.62 Å². The fourth-order valence-electron chi connectivity index (χ4n) is 2.73. The highest BCUT2D eigenvalue weighted by atomic mass is 32.2. The van der Waals surface area contributed by atoms with Crippen molar-refractivity contribution in [2.24, 2.45) is 11.1 Å². The first kappa shape index (κ1) is 16.8. The number of nitrogens with one attached hydrogen (secondary N) is 1. The molecule has 0 unspecified atom stereocenters. The first-order valence-corrected chi connectivity index (χ1v) is 8.60. The second-order valence-electron chi connectivity index (χ2n) is 5.55. The largest absolute Gasteiger partial charge is 0.299 e. The number of nitriles is 1. The molecule has 8 heteroatoms. The van der Waals surface area contributed by atoms with Crippen LogP contribution in [0.4, 0.5) is 4.39 Å². The molecule has 1 aromatic carbocycles. The molecule has 0 amide bonds. The van der Waals surface area contributed by atoms with Crippen LogP contribution >= 0.6 is 0 Å². The average Bonchev–Trinajstić information content (AvgIpc) is 2.47. The summed E-state index contributed by atoms with van der Waals surface area (Å²) in [5.41, 5.74) is 1.12. The number of hydrogen-bond donors (Lipinski definition) is 2. The molecule has 1 atom stereocenters. The molecule has 1 aromatic rings. The number of likely N-dealkylation sites (tertiary alicyclic amines) is 1. The highest BCUT2D eigenvalue weighted by Crippen LogP contribution is 2.20. The number of hydrogen-bond acceptors (Lipinski definition) is 4. The van der Waals surface area contributed by atoms with Crippen molar-refractivity contribution in [2.75, 3.05) is 19.6 Å². The molecule has 1 aliphatic heterocycles. The molecule has 0 bridgehead atoms. The van der Waals surface area contributed by atoms with Crippen LogP contribution in [-0.4, -0.2) is 33.0 Å². The molecule has 1 saturated heterocycles. The van der Waals surface area contributed by atoms with Crippen molar-refractivity contribution in [3.05, 3.63) is 35.1 Å². The van der Waals surface area contributed by atoms with E-state index in [0.29, 0.717) is 25.2 Å². The molecule has 120 valence electrons. The second kappa shape index (κ2) is 7.15. The van der Waals surface area contributed by atoms with E-state index < -0.39 is 16.0 Å². The van der Waals surface area contributed by atoms with E-state index in [2.05, 4.69) is 9.62 Å². The number of halogens is 1. The van der Waals surface area contributed by atoms with Gasteiger partial charge in [0.2, 0.25) is 0 Å². The van der Waals surface area contributed by atoms with Crippen molar-refractivity contribution in [1.29, 1.82) is 5.26 Å². The summed E-state index contributed by atoms with van der Waals surface area (Å²) in [6, 6.07) is 6.22. The number of piperidine rings is 1. The maximum Gasteiger partial charge on any atom is 0.274 e. The first-order valence-electron chi connectivity index (χ1n) is 7.05. The van der Waals surface area contributed by atoms with Crippen LogP contribution in [0.25, 0.3) is 0 Å². The van der Waals surface area contributed by atoms with Gasteiger partial charge in [0.25, 0.3) is 10.2 Å². The third kappa shape index (κ3) is 5.03. The summed E-state index contributed by atoms with van der Waals surface area (Å²) in [6.07, 6.45) is 1.87. The summed E-state index contributed by atoms with van der Waals surface area (Å²) in [4.78, 5) is 2.15. The summed E-state index contributed by atoms with van der Waals surface area (Å²) in [7, 11) is -3.67. The molecule has 0 aliphatic carbocycles. The fraction of sp³-hybridized carbons (Fsp3) is 0.500. The Bertz CT molecular complexity index is 672. The lowest BCUT2D eigenvalue weighted by molar-refractivity contribution is 0.168. The molecule has 0 aromatic heterocycles. The topological polar surface area (TPSA) is 99.2 Å². The molecular formula is C14H19FN4O2S. The van der Waals surface area contributed by atoms with E-state index in [-0.39, 0.29) is 5.92 Å². The smallest absolute Gasteiger partial charge is 0.274 e. The monoisotopic (exact) mass is 326 g/mol. The second-order valence-corrected chi connectivity index (χ2v) is 6.93. The Kier molecular flexibility index (Phi) is 5.47. The van der Waals surface area contributed by atoms with Gasteiger partial charge < -0.3 is 0 Å². The molecule has 22 heavy (non-hydrogen) atoms. The van der Waals surface area contributed by atoms with Crippen LogP contribution < -0.4 is 9.86 Å². The lowest BCUT2D eigenvalue weighted by Crippen LogP contribution is -2.42. The van der Waals surface area contributed by atoms with Gasteiger partial charge >= 0.3 is 0 Å². The Labute approximate surface area is 129 Å². The fourth-order valence-corrected chi connectivity index (χ4v) is 3.20. The summed E-state index contributed by atoms with van der Waals surface area (Å²) >= 11 is 0. The Balaban J connectivity index is 1.97. The van der Waals surface area contributed by atoms with Crippen LogP contribution in [0.5, 0.6) is 0 Å². The van der Waals surface area contributed by atoms with E-state index in [1.807, 2.05) is 6.07 Å². The minimum Gasteiger partial charge on any atom is -0.299 e. The van der Waals surface area contributed by atoms with Gasteiger partial charge in [-0.05, 0) is 43.0 Å². The van der Waals surface area contributed by atoms with Crippen molar-refractivity contribution in [2.45, 2.75) is 19.4 Å². The van der Waals surface area contributed by atoms with Crippen LogP contribution in [0, 0.1) is 23.1 Å². The number of nitrogens with two attached hydrogens (primary N) is 1. The first-order chi connectivity index (χ1) is 10.4. The molecule has 0 spiro atoms. The zero-order valence-electron chi connectivity index (χ0n) is 12.1. The zero-order valence-corrected chi connectivity index (χ0v) is 12.9. The van der Waals surface area contributed by atoms with Gasteiger partial charge in [-0.3, -0.25) is 4.90 Å². The Hall–Kier alpha value is -1.53. The Morgan fingerprint density at radius 1 is 1.50 bits per heavy atom. The Morgan fingerprint density at radius 3 is 2.95 bits per heavy atom. The summed E-state index contributed by atoms with van der Waals surface area (Å²) in [5, 5.41) is 14.0. The van der Waals surface area contributed by atoms with Gasteiger partial charge in [0.1, 0.15) is 5.82 Å². The predicted octanol–water partition coefficient (Wildman–Crippen LogP) is 0.702. The molecule has 6 nitrogen and oxygen atoms in total. The average molecular weight is 326 g/mol. The van der Waals surface area contributed by atoms with E-state index in [1.165, 1.54) is 12.1 Å². The van der Waals surface area contributed by atoms with Gasteiger partial charge in [0, 0.05) is 19.6 Å². The summed E-state index contributed by atoms with van der Waals surface area (Å²) in [5.74, 6) is -0.243.